The van der Waals surface area contributed by atoms with Gasteiger partial charge in [0.2, 0.25) is 0 Å². The fraction of sp³-hybridized carbons (Fsp3) is 0.250. The zero-order valence-corrected chi connectivity index (χ0v) is 6.24. The van der Waals surface area contributed by atoms with Crippen LogP contribution in [0.5, 0.6) is 0 Å². The third-order valence-electron chi connectivity index (χ3n) is 1.30. The second-order valence-electron chi connectivity index (χ2n) is 2.09. The van der Waals surface area contributed by atoms with Crippen molar-refractivity contribution in [3.05, 3.63) is 35.4 Å². The van der Waals surface area contributed by atoms with Gasteiger partial charge in [-0.3, -0.25) is 0 Å². The first-order valence-corrected chi connectivity index (χ1v) is 3.60. The Morgan fingerprint density at radius 3 is 2.60 bits per heavy atom. The van der Waals surface area contributed by atoms with E-state index in [-0.39, 0.29) is 0 Å². The van der Waals surface area contributed by atoms with Crippen molar-refractivity contribution in [2.45, 2.75) is 12.6 Å². The molecule has 0 spiro atoms. The van der Waals surface area contributed by atoms with Crippen LogP contribution in [0.1, 0.15) is 11.1 Å². The summed E-state index contributed by atoms with van der Waals surface area (Å²) in [5, 5.41) is 0. The molecule has 0 unspecified atom stereocenters. The normalized spacial score (nSPS) is 9.80. The topological polar surface area (TPSA) is 0 Å². The number of benzene rings is 1. The van der Waals surface area contributed by atoms with E-state index in [0.29, 0.717) is 11.4 Å². The largest absolute Gasteiger partial charge is 0.246 e. The second-order valence-corrected chi connectivity index (χ2v) is 2.35. The molecule has 54 valence electrons. The van der Waals surface area contributed by atoms with Crippen molar-refractivity contribution in [3.8, 4) is 0 Å². The Kier molecular flexibility index (Phi) is 2.69. The van der Waals surface area contributed by atoms with Gasteiger partial charge < -0.3 is 0 Å². The molecule has 0 N–H and O–H groups in total. The fourth-order valence-corrected chi connectivity index (χ4v) is 0.962. The molecular weight excluding hydrogens is 151 g/mol. The molecule has 0 aliphatic heterocycles. The Balaban J connectivity index is 2.87. The summed E-state index contributed by atoms with van der Waals surface area (Å²) in [5.41, 5.74) is 1.66. The summed E-state index contributed by atoms with van der Waals surface area (Å²) in [6.07, 6.45) is 0. The van der Waals surface area contributed by atoms with Gasteiger partial charge in [-0.2, -0.15) is 0 Å². The average molecular weight is 159 g/mol. The highest BCUT2D eigenvalue weighted by Gasteiger charge is 1.92. The Morgan fingerprint density at radius 2 is 2.00 bits per heavy atom. The molecule has 0 amide bonds. The van der Waals surface area contributed by atoms with Gasteiger partial charge in [-0.1, -0.05) is 24.3 Å². The number of alkyl halides is 2. The zero-order chi connectivity index (χ0) is 7.40. The van der Waals surface area contributed by atoms with Crippen LogP contribution in [0.15, 0.2) is 24.3 Å². The summed E-state index contributed by atoms with van der Waals surface area (Å²) in [6, 6.07) is 7.21. The molecule has 0 aliphatic rings. The van der Waals surface area contributed by atoms with E-state index in [2.05, 4.69) is 0 Å². The lowest BCUT2D eigenvalue weighted by molar-refractivity contribution is 0.485. The van der Waals surface area contributed by atoms with E-state index < -0.39 is 6.67 Å². The summed E-state index contributed by atoms with van der Waals surface area (Å²) in [6.45, 7) is -0.412. The zero-order valence-electron chi connectivity index (χ0n) is 5.48. The van der Waals surface area contributed by atoms with Crippen LogP contribution in [0.2, 0.25) is 0 Å². The van der Waals surface area contributed by atoms with Crippen LogP contribution in [-0.2, 0) is 12.6 Å². The smallest absolute Gasteiger partial charge is 0.115 e. The monoisotopic (exact) mass is 158 g/mol. The van der Waals surface area contributed by atoms with E-state index in [4.69, 9.17) is 11.6 Å². The van der Waals surface area contributed by atoms with Crippen LogP contribution >= 0.6 is 11.6 Å². The van der Waals surface area contributed by atoms with Crippen molar-refractivity contribution in [2.24, 2.45) is 0 Å². The van der Waals surface area contributed by atoms with Gasteiger partial charge in [-0.25, -0.2) is 4.39 Å². The van der Waals surface area contributed by atoms with Gasteiger partial charge in [-0.15, -0.1) is 11.6 Å². The summed E-state index contributed by atoms with van der Waals surface area (Å²) in [4.78, 5) is 0. The van der Waals surface area contributed by atoms with Crippen LogP contribution < -0.4 is 0 Å². The van der Waals surface area contributed by atoms with Gasteiger partial charge >= 0.3 is 0 Å². The predicted octanol–water partition coefficient (Wildman–Crippen LogP) is 2.89. The highest BCUT2D eigenvalue weighted by Crippen LogP contribution is 2.08. The Labute approximate surface area is 64.6 Å². The minimum Gasteiger partial charge on any atom is -0.246 e. The maximum Gasteiger partial charge on any atom is 0.115 e. The number of halogens is 2. The SMILES string of the molecule is FCc1cccc(CCl)c1. The first-order chi connectivity index (χ1) is 4.86. The molecule has 0 radical (unpaired) electrons. The van der Waals surface area contributed by atoms with Gasteiger partial charge in [0.25, 0.3) is 0 Å². The molecule has 0 bridgehead atoms. The van der Waals surface area contributed by atoms with E-state index in [1.165, 1.54) is 0 Å². The molecule has 0 saturated heterocycles. The molecule has 0 fully saturated rings. The summed E-state index contributed by atoms with van der Waals surface area (Å²) >= 11 is 5.53. The van der Waals surface area contributed by atoms with Gasteiger partial charge in [-0.05, 0) is 11.1 Å². The van der Waals surface area contributed by atoms with E-state index in [1.807, 2.05) is 12.1 Å². The number of hydrogen-bond acceptors (Lipinski definition) is 0. The third kappa shape index (κ3) is 1.71. The quantitative estimate of drug-likeness (QED) is 0.581. The number of hydrogen-bond donors (Lipinski definition) is 0. The molecule has 2 heteroatoms. The second kappa shape index (κ2) is 3.57. The summed E-state index contributed by atoms with van der Waals surface area (Å²) < 4.78 is 12.0. The van der Waals surface area contributed by atoms with Gasteiger partial charge in [0, 0.05) is 5.88 Å². The van der Waals surface area contributed by atoms with Crippen molar-refractivity contribution in [3.63, 3.8) is 0 Å². The van der Waals surface area contributed by atoms with Crippen LogP contribution in [0.4, 0.5) is 4.39 Å². The van der Waals surface area contributed by atoms with Crippen LogP contribution in [-0.4, -0.2) is 0 Å². The Hall–Kier alpha value is -0.560. The highest BCUT2D eigenvalue weighted by atomic mass is 35.5. The molecule has 10 heavy (non-hydrogen) atoms. The lowest BCUT2D eigenvalue weighted by Crippen LogP contribution is -1.81. The Bertz CT molecular complexity index is 191. The molecule has 0 atom stereocenters. The molecule has 0 aromatic heterocycles. The third-order valence-corrected chi connectivity index (χ3v) is 1.61. The molecule has 0 saturated carbocycles. The van der Waals surface area contributed by atoms with Gasteiger partial charge in [0.05, 0.1) is 0 Å². The van der Waals surface area contributed by atoms with E-state index >= 15 is 0 Å². The molecule has 0 aliphatic carbocycles. The average Bonchev–Trinajstić information content (AvgIpc) is 2.05. The van der Waals surface area contributed by atoms with E-state index in [9.17, 15) is 4.39 Å². The first-order valence-electron chi connectivity index (χ1n) is 3.06. The predicted molar refractivity (Wildman–Crippen MR) is 40.8 cm³/mol. The van der Waals surface area contributed by atoms with Crippen molar-refractivity contribution < 1.29 is 4.39 Å². The minimum absolute atomic E-state index is 0.412. The molecule has 0 heterocycles. The van der Waals surface area contributed by atoms with Crippen LogP contribution in [0.25, 0.3) is 0 Å². The summed E-state index contributed by atoms with van der Waals surface area (Å²) in [7, 11) is 0. The minimum atomic E-state index is -0.412. The lowest BCUT2D eigenvalue weighted by Gasteiger charge is -1.96. The maximum absolute atomic E-state index is 12.0. The van der Waals surface area contributed by atoms with E-state index in [0.717, 1.165) is 5.56 Å². The van der Waals surface area contributed by atoms with Crippen molar-refractivity contribution >= 4 is 11.6 Å². The first kappa shape index (κ1) is 7.55. The standard InChI is InChI=1S/C8H8ClF/c9-5-7-2-1-3-8(4-7)6-10/h1-4H,5-6H2. The maximum atomic E-state index is 12.0. The Morgan fingerprint density at radius 1 is 1.30 bits per heavy atom. The lowest BCUT2D eigenvalue weighted by atomic mass is 10.2. The molecule has 1 aromatic carbocycles. The number of rotatable bonds is 2. The van der Waals surface area contributed by atoms with Gasteiger partial charge in [0.15, 0.2) is 0 Å². The van der Waals surface area contributed by atoms with Crippen molar-refractivity contribution in [1.29, 1.82) is 0 Å². The molecule has 1 rings (SSSR count). The molecule has 0 nitrogen and oxygen atoms in total. The van der Waals surface area contributed by atoms with Crippen molar-refractivity contribution in [1.82, 2.24) is 0 Å². The van der Waals surface area contributed by atoms with E-state index in [1.54, 1.807) is 12.1 Å². The molecule has 1 aromatic rings. The van der Waals surface area contributed by atoms with Crippen LogP contribution in [0, 0.1) is 0 Å². The molecular formula is C8H8ClF. The van der Waals surface area contributed by atoms with Crippen molar-refractivity contribution in [2.75, 3.05) is 0 Å². The van der Waals surface area contributed by atoms with Gasteiger partial charge in [0.1, 0.15) is 6.67 Å². The van der Waals surface area contributed by atoms with Crippen LogP contribution in [0.3, 0.4) is 0 Å². The fourth-order valence-electron chi connectivity index (χ4n) is 0.796. The highest BCUT2D eigenvalue weighted by molar-refractivity contribution is 6.17. The summed E-state index contributed by atoms with van der Waals surface area (Å²) in [5.74, 6) is 0.452.